The van der Waals surface area contributed by atoms with Crippen LogP contribution in [0.4, 0.5) is 4.39 Å². The third-order valence-electron chi connectivity index (χ3n) is 3.79. The van der Waals surface area contributed by atoms with E-state index in [9.17, 15) is 9.18 Å². The van der Waals surface area contributed by atoms with Gasteiger partial charge in [0, 0.05) is 25.2 Å². The Morgan fingerprint density at radius 3 is 2.68 bits per heavy atom. The largest absolute Gasteiger partial charge is 0.335 e. The summed E-state index contributed by atoms with van der Waals surface area (Å²) in [5, 5.41) is 0. The van der Waals surface area contributed by atoms with Gasteiger partial charge >= 0.3 is 0 Å². The maximum absolute atomic E-state index is 14.0. The molecule has 1 heterocycles. The highest BCUT2D eigenvalue weighted by molar-refractivity contribution is 9.10. The molecule has 1 aromatic rings. The maximum Gasteiger partial charge on any atom is 0.256 e. The average Bonchev–Trinajstić information content (AvgIpc) is 2.35. The summed E-state index contributed by atoms with van der Waals surface area (Å²) < 4.78 is 14.3. The van der Waals surface area contributed by atoms with E-state index in [1.807, 2.05) is 7.05 Å². The summed E-state index contributed by atoms with van der Waals surface area (Å²) >= 11 is 3.12. The predicted molar refractivity (Wildman–Crippen MR) is 76.7 cm³/mol. The highest BCUT2D eigenvalue weighted by atomic mass is 79.9. The topological polar surface area (TPSA) is 23.6 Å². The zero-order valence-corrected chi connectivity index (χ0v) is 13.0. The molecule has 104 valence electrons. The van der Waals surface area contributed by atoms with Gasteiger partial charge in [-0.25, -0.2) is 4.39 Å². The minimum atomic E-state index is -0.482. The minimum absolute atomic E-state index is 0.0869. The molecule has 0 unspecified atom stereocenters. The van der Waals surface area contributed by atoms with Gasteiger partial charge in [0.2, 0.25) is 0 Å². The van der Waals surface area contributed by atoms with Gasteiger partial charge in [-0.15, -0.1) is 0 Å². The quantitative estimate of drug-likeness (QED) is 0.791. The van der Waals surface area contributed by atoms with Crippen LogP contribution in [0.25, 0.3) is 0 Å². The maximum atomic E-state index is 14.0. The molecule has 0 spiro atoms. The van der Waals surface area contributed by atoms with E-state index in [2.05, 4.69) is 34.7 Å². The Balaban J connectivity index is 2.23. The Morgan fingerprint density at radius 2 is 2.05 bits per heavy atom. The van der Waals surface area contributed by atoms with Crippen molar-refractivity contribution in [2.24, 2.45) is 0 Å². The number of likely N-dealkylation sites (N-methyl/N-ethyl adjacent to an activating group) is 1. The van der Waals surface area contributed by atoms with E-state index in [1.165, 1.54) is 6.07 Å². The second-order valence-electron chi connectivity index (χ2n) is 5.56. The third kappa shape index (κ3) is 2.82. The second-order valence-corrected chi connectivity index (χ2v) is 6.42. The van der Waals surface area contributed by atoms with E-state index in [0.717, 1.165) is 6.54 Å². The number of hydrogen-bond donors (Lipinski definition) is 0. The molecule has 3 nitrogen and oxygen atoms in total. The summed E-state index contributed by atoms with van der Waals surface area (Å²) in [5.41, 5.74) is 0.0471. The van der Waals surface area contributed by atoms with E-state index in [0.29, 0.717) is 17.6 Å². The van der Waals surface area contributed by atoms with Crippen molar-refractivity contribution < 1.29 is 9.18 Å². The molecule has 0 saturated carbocycles. The Labute approximate surface area is 121 Å². The number of nitrogens with zero attached hydrogens (tertiary/aromatic N) is 2. The van der Waals surface area contributed by atoms with E-state index in [-0.39, 0.29) is 17.0 Å². The first-order chi connectivity index (χ1) is 8.83. The summed E-state index contributed by atoms with van der Waals surface area (Å²) in [6, 6.07) is 4.81. The molecule has 1 saturated heterocycles. The molecule has 0 aromatic heterocycles. The van der Waals surface area contributed by atoms with Crippen LogP contribution in [0.5, 0.6) is 0 Å². The molecule has 1 aromatic carbocycles. The van der Waals surface area contributed by atoms with Crippen molar-refractivity contribution in [3.05, 3.63) is 34.1 Å². The van der Waals surface area contributed by atoms with Crippen LogP contribution in [0.15, 0.2) is 22.7 Å². The lowest BCUT2D eigenvalue weighted by atomic mass is 9.99. The number of piperazine rings is 1. The van der Waals surface area contributed by atoms with Crippen LogP contribution in [0.3, 0.4) is 0 Å². The number of amides is 1. The molecular formula is C14H18BrFN2O. The lowest BCUT2D eigenvalue weighted by molar-refractivity contribution is 0.0308. The van der Waals surface area contributed by atoms with Crippen LogP contribution < -0.4 is 0 Å². The van der Waals surface area contributed by atoms with E-state index < -0.39 is 5.82 Å². The fraction of sp³-hybridized carbons (Fsp3) is 0.500. The molecular weight excluding hydrogens is 311 g/mol. The molecule has 19 heavy (non-hydrogen) atoms. The third-order valence-corrected chi connectivity index (χ3v) is 4.40. The van der Waals surface area contributed by atoms with Gasteiger partial charge < -0.3 is 4.90 Å². The predicted octanol–water partition coefficient (Wildman–Crippen LogP) is 2.75. The molecule has 0 N–H and O–H groups in total. The molecule has 0 bridgehead atoms. The van der Waals surface area contributed by atoms with Gasteiger partial charge in [0.05, 0.1) is 10.0 Å². The fourth-order valence-corrected chi connectivity index (χ4v) is 2.62. The van der Waals surface area contributed by atoms with Gasteiger partial charge in [-0.1, -0.05) is 6.07 Å². The van der Waals surface area contributed by atoms with Crippen molar-refractivity contribution in [1.29, 1.82) is 0 Å². The Bertz CT molecular complexity index is 504. The van der Waals surface area contributed by atoms with Crippen molar-refractivity contribution in [3.8, 4) is 0 Å². The van der Waals surface area contributed by atoms with Crippen LogP contribution in [0, 0.1) is 5.82 Å². The monoisotopic (exact) mass is 328 g/mol. The molecule has 1 aliphatic heterocycles. The zero-order valence-electron chi connectivity index (χ0n) is 11.4. The van der Waals surface area contributed by atoms with Crippen LogP contribution in [0.1, 0.15) is 24.2 Å². The molecule has 5 heteroatoms. The van der Waals surface area contributed by atoms with E-state index in [1.54, 1.807) is 17.0 Å². The fourth-order valence-electron chi connectivity index (χ4n) is 2.25. The van der Waals surface area contributed by atoms with Crippen LogP contribution >= 0.6 is 15.9 Å². The first kappa shape index (κ1) is 14.5. The molecule has 1 amide bonds. The smallest absolute Gasteiger partial charge is 0.256 e. The number of carbonyl (C=O) groups is 1. The standard InChI is InChI=1S/C14H18BrFN2O/c1-14(2)9-18(8-7-17(14)3)13(19)10-5-4-6-11(15)12(10)16/h4-6H,7-9H2,1-3H3. The van der Waals surface area contributed by atoms with Gasteiger partial charge in [-0.05, 0) is 49.0 Å². The molecule has 1 aliphatic rings. The summed E-state index contributed by atoms with van der Waals surface area (Å²) in [6.45, 7) is 6.21. The number of hydrogen-bond acceptors (Lipinski definition) is 2. The summed E-state index contributed by atoms with van der Waals surface area (Å²) in [6.07, 6.45) is 0. The Kier molecular flexibility index (Phi) is 3.97. The molecule has 0 atom stereocenters. The van der Waals surface area contributed by atoms with E-state index in [4.69, 9.17) is 0 Å². The van der Waals surface area contributed by atoms with Crippen LogP contribution in [-0.2, 0) is 0 Å². The first-order valence-electron chi connectivity index (χ1n) is 6.27. The van der Waals surface area contributed by atoms with Crippen molar-refractivity contribution in [1.82, 2.24) is 9.80 Å². The van der Waals surface area contributed by atoms with E-state index >= 15 is 0 Å². The summed E-state index contributed by atoms with van der Waals surface area (Å²) in [4.78, 5) is 16.4. The van der Waals surface area contributed by atoms with Crippen molar-refractivity contribution in [2.45, 2.75) is 19.4 Å². The summed E-state index contributed by atoms with van der Waals surface area (Å²) in [5.74, 6) is -0.718. The van der Waals surface area contributed by atoms with Gasteiger partial charge in [-0.3, -0.25) is 9.69 Å². The Hall–Kier alpha value is -0.940. The number of carbonyl (C=O) groups excluding carboxylic acids is 1. The van der Waals surface area contributed by atoms with Crippen molar-refractivity contribution in [2.75, 3.05) is 26.7 Å². The SMILES string of the molecule is CN1CCN(C(=O)c2cccc(Br)c2F)CC1(C)C. The van der Waals surface area contributed by atoms with Gasteiger partial charge in [0.25, 0.3) is 5.91 Å². The lowest BCUT2D eigenvalue weighted by Crippen LogP contribution is -2.58. The van der Waals surface area contributed by atoms with Crippen LogP contribution in [0.2, 0.25) is 0 Å². The normalized spacial score (nSPS) is 19.5. The molecule has 1 fully saturated rings. The minimum Gasteiger partial charge on any atom is -0.335 e. The second kappa shape index (κ2) is 5.21. The van der Waals surface area contributed by atoms with Crippen LogP contribution in [-0.4, -0.2) is 47.9 Å². The lowest BCUT2D eigenvalue weighted by Gasteiger charge is -2.45. The Morgan fingerprint density at radius 1 is 1.37 bits per heavy atom. The number of halogens is 2. The van der Waals surface area contributed by atoms with Crippen molar-refractivity contribution in [3.63, 3.8) is 0 Å². The average molecular weight is 329 g/mol. The summed E-state index contributed by atoms with van der Waals surface area (Å²) in [7, 11) is 2.04. The number of benzene rings is 1. The molecule has 0 aliphatic carbocycles. The van der Waals surface area contributed by atoms with Crippen molar-refractivity contribution >= 4 is 21.8 Å². The number of rotatable bonds is 1. The molecule has 0 radical (unpaired) electrons. The van der Waals surface area contributed by atoms with Gasteiger partial charge in [0.15, 0.2) is 0 Å². The highest BCUT2D eigenvalue weighted by Gasteiger charge is 2.34. The van der Waals surface area contributed by atoms with Gasteiger partial charge in [0.1, 0.15) is 5.82 Å². The van der Waals surface area contributed by atoms with Gasteiger partial charge in [-0.2, -0.15) is 0 Å². The molecule has 2 rings (SSSR count). The highest BCUT2D eigenvalue weighted by Crippen LogP contribution is 2.23. The first-order valence-corrected chi connectivity index (χ1v) is 7.07. The zero-order chi connectivity index (χ0) is 14.2.